The number of benzene rings is 1. The highest BCUT2D eigenvalue weighted by molar-refractivity contribution is 6.04. The molecule has 0 bridgehead atoms. The Bertz CT molecular complexity index is 668. The van der Waals surface area contributed by atoms with Gasteiger partial charge in [-0.15, -0.1) is 0 Å². The van der Waals surface area contributed by atoms with Crippen molar-refractivity contribution >= 4 is 11.4 Å². The molecular weight excluding hydrogens is 267 g/mol. The highest BCUT2D eigenvalue weighted by atomic mass is 19.1. The van der Waals surface area contributed by atoms with Crippen LogP contribution in [0.25, 0.3) is 0 Å². The molecule has 0 radical (unpaired) electrons. The van der Waals surface area contributed by atoms with E-state index in [9.17, 15) is 14.5 Å². The molecule has 7 nitrogen and oxygen atoms in total. The number of aliphatic imine (C=N–C) groups is 1. The van der Waals surface area contributed by atoms with Gasteiger partial charge in [0.05, 0.1) is 16.3 Å². The molecule has 1 fully saturated rings. The summed E-state index contributed by atoms with van der Waals surface area (Å²) < 4.78 is 13.6. The molecule has 0 aromatic heterocycles. The molecule has 2 aliphatic rings. The van der Waals surface area contributed by atoms with Gasteiger partial charge in [-0.05, 0) is 18.2 Å². The number of nitrogens with zero attached hydrogens (tertiary/aromatic N) is 2. The van der Waals surface area contributed by atoms with Crippen LogP contribution in [0.2, 0.25) is 0 Å². The molecule has 1 aliphatic heterocycles. The first-order chi connectivity index (χ1) is 9.66. The molecule has 1 aromatic carbocycles. The van der Waals surface area contributed by atoms with Crippen LogP contribution in [-0.2, 0) is 4.94 Å². The second kappa shape index (κ2) is 4.83. The van der Waals surface area contributed by atoms with Crippen molar-refractivity contribution in [1.29, 1.82) is 0 Å². The first-order valence-electron chi connectivity index (χ1n) is 5.74. The smallest absolute Gasteiger partial charge is 0.258 e. The average Bonchev–Trinajstić information content (AvgIpc) is 2.90. The lowest BCUT2D eigenvalue weighted by molar-refractivity contribution is -0.420. The maximum atomic E-state index is 13.6. The van der Waals surface area contributed by atoms with E-state index in [1.54, 1.807) is 12.1 Å². The molecule has 2 N–H and O–H groups in total. The van der Waals surface area contributed by atoms with Gasteiger partial charge in [0, 0.05) is 6.08 Å². The first kappa shape index (κ1) is 12.5. The third-order valence-electron chi connectivity index (χ3n) is 2.91. The summed E-state index contributed by atoms with van der Waals surface area (Å²) >= 11 is 0. The molecule has 1 atom stereocenters. The normalized spacial score (nSPS) is 22.9. The Morgan fingerprint density at radius 2 is 2.15 bits per heavy atom. The standard InChI is InChI=1S/C12H9FN4O3/c13-7-3-1-2-4-8(7)14-9-5-6-10(17(18)19)12-11(9)15-20-16-12/h1-6,11,15-16H. The van der Waals surface area contributed by atoms with Crippen LogP contribution in [-0.4, -0.2) is 16.7 Å². The van der Waals surface area contributed by atoms with E-state index >= 15 is 0 Å². The van der Waals surface area contributed by atoms with Crippen molar-refractivity contribution in [1.82, 2.24) is 11.0 Å². The van der Waals surface area contributed by atoms with Gasteiger partial charge >= 0.3 is 0 Å². The van der Waals surface area contributed by atoms with E-state index in [4.69, 9.17) is 4.94 Å². The fourth-order valence-electron chi connectivity index (χ4n) is 1.96. The van der Waals surface area contributed by atoms with Crippen LogP contribution >= 0.6 is 0 Å². The van der Waals surface area contributed by atoms with Gasteiger partial charge in [0.2, 0.25) is 0 Å². The Balaban J connectivity index is 2.01. The zero-order valence-electron chi connectivity index (χ0n) is 10.0. The lowest BCUT2D eigenvalue weighted by atomic mass is 10.0. The molecular formula is C12H9FN4O3. The van der Waals surface area contributed by atoms with E-state index in [-0.39, 0.29) is 17.1 Å². The minimum absolute atomic E-state index is 0.118. The van der Waals surface area contributed by atoms with Crippen LogP contribution < -0.4 is 11.0 Å². The topological polar surface area (TPSA) is 88.8 Å². The summed E-state index contributed by atoms with van der Waals surface area (Å²) in [6.07, 6.45) is 2.76. The second-order valence-electron chi connectivity index (χ2n) is 4.13. The number of hydroxylamine groups is 2. The predicted molar refractivity (Wildman–Crippen MR) is 67.8 cm³/mol. The van der Waals surface area contributed by atoms with Crippen LogP contribution in [0.3, 0.4) is 0 Å². The summed E-state index contributed by atoms with van der Waals surface area (Å²) in [5.74, 6) is -0.467. The molecule has 8 heteroatoms. The molecule has 102 valence electrons. The zero-order valence-corrected chi connectivity index (χ0v) is 10.0. The zero-order chi connectivity index (χ0) is 14.1. The molecule has 3 rings (SSSR count). The second-order valence-corrected chi connectivity index (χ2v) is 4.13. The van der Waals surface area contributed by atoms with E-state index < -0.39 is 16.8 Å². The number of rotatable bonds is 2. The summed E-state index contributed by atoms with van der Waals surface area (Å²) in [6, 6.07) is 5.41. The van der Waals surface area contributed by atoms with Gasteiger partial charge in [0.1, 0.15) is 17.6 Å². The summed E-state index contributed by atoms with van der Waals surface area (Å²) in [4.78, 5) is 19.3. The number of allylic oxidation sites excluding steroid dienone is 1. The minimum atomic E-state index is -0.625. The van der Waals surface area contributed by atoms with Gasteiger partial charge in [-0.1, -0.05) is 12.1 Å². The number of hydrogen-bond donors (Lipinski definition) is 2. The molecule has 1 heterocycles. The van der Waals surface area contributed by atoms with Crippen LogP contribution in [0.4, 0.5) is 10.1 Å². The van der Waals surface area contributed by atoms with Crippen molar-refractivity contribution in [3.05, 3.63) is 63.7 Å². The van der Waals surface area contributed by atoms with Crippen molar-refractivity contribution in [2.45, 2.75) is 6.04 Å². The fourth-order valence-corrected chi connectivity index (χ4v) is 1.96. The Morgan fingerprint density at radius 3 is 2.90 bits per heavy atom. The van der Waals surface area contributed by atoms with Crippen LogP contribution in [0.1, 0.15) is 0 Å². The van der Waals surface area contributed by atoms with Gasteiger partial charge in [-0.25, -0.2) is 14.9 Å². The number of fused-ring (bicyclic) bond motifs is 1. The Morgan fingerprint density at radius 1 is 1.35 bits per heavy atom. The first-order valence-corrected chi connectivity index (χ1v) is 5.74. The third kappa shape index (κ3) is 2.06. The molecule has 0 spiro atoms. The lowest BCUT2D eigenvalue weighted by Crippen LogP contribution is -2.33. The SMILES string of the molecule is O=[N+]([O-])C1=C2NONC2C(=Nc2ccccc2F)C=C1. The molecule has 20 heavy (non-hydrogen) atoms. The number of nitro groups is 1. The number of para-hydroxylation sites is 1. The van der Waals surface area contributed by atoms with Crippen molar-refractivity contribution in [3.63, 3.8) is 0 Å². The van der Waals surface area contributed by atoms with Crippen LogP contribution in [0, 0.1) is 15.9 Å². The monoisotopic (exact) mass is 276 g/mol. The highest BCUT2D eigenvalue weighted by Gasteiger charge is 2.36. The summed E-state index contributed by atoms with van der Waals surface area (Å²) in [7, 11) is 0. The van der Waals surface area contributed by atoms with E-state index in [1.807, 2.05) is 0 Å². The molecule has 1 unspecified atom stereocenters. The Kier molecular flexibility index (Phi) is 3.01. The van der Waals surface area contributed by atoms with Crippen molar-refractivity contribution < 1.29 is 14.3 Å². The van der Waals surface area contributed by atoms with Gasteiger partial charge in [-0.2, -0.15) is 10.4 Å². The van der Waals surface area contributed by atoms with Gasteiger partial charge in [0.25, 0.3) is 5.70 Å². The number of hydrogen-bond acceptors (Lipinski definition) is 6. The number of nitrogens with one attached hydrogen (secondary N) is 2. The fraction of sp³-hybridized carbons (Fsp3) is 0.0833. The van der Waals surface area contributed by atoms with Gasteiger partial charge < -0.3 is 0 Å². The molecule has 1 aromatic rings. The van der Waals surface area contributed by atoms with Crippen molar-refractivity contribution in [2.24, 2.45) is 4.99 Å². The van der Waals surface area contributed by atoms with Crippen LogP contribution in [0.5, 0.6) is 0 Å². The predicted octanol–water partition coefficient (Wildman–Crippen LogP) is 1.36. The molecule has 0 saturated carbocycles. The van der Waals surface area contributed by atoms with E-state index in [1.165, 1.54) is 24.3 Å². The van der Waals surface area contributed by atoms with Gasteiger partial charge in [-0.3, -0.25) is 10.1 Å². The van der Waals surface area contributed by atoms with Crippen LogP contribution in [0.15, 0.2) is 52.8 Å². The molecule has 1 saturated heterocycles. The number of halogens is 1. The molecule has 1 aliphatic carbocycles. The average molecular weight is 276 g/mol. The van der Waals surface area contributed by atoms with Crippen molar-refractivity contribution in [3.8, 4) is 0 Å². The summed E-state index contributed by atoms with van der Waals surface area (Å²) in [5, 5.41) is 10.9. The largest absolute Gasteiger partial charge is 0.292 e. The van der Waals surface area contributed by atoms with E-state index in [0.717, 1.165) is 0 Å². The third-order valence-corrected chi connectivity index (χ3v) is 2.91. The lowest BCUT2D eigenvalue weighted by Gasteiger charge is -2.13. The quantitative estimate of drug-likeness (QED) is 0.629. The van der Waals surface area contributed by atoms with E-state index in [2.05, 4.69) is 16.0 Å². The van der Waals surface area contributed by atoms with E-state index in [0.29, 0.717) is 5.71 Å². The minimum Gasteiger partial charge on any atom is -0.258 e. The maximum absolute atomic E-state index is 13.6. The highest BCUT2D eigenvalue weighted by Crippen LogP contribution is 2.24. The van der Waals surface area contributed by atoms with Gasteiger partial charge in [0.15, 0.2) is 0 Å². The Labute approximate surface area is 112 Å². The summed E-state index contributed by atoms with van der Waals surface area (Å²) in [5.41, 5.74) is 5.68. The van der Waals surface area contributed by atoms with Crippen molar-refractivity contribution in [2.75, 3.05) is 0 Å². The Hall–Kier alpha value is -2.58. The summed E-state index contributed by atoms with van der Waals surface area (Å²) in [6.45, 7) is 0. The molecule has 0 amide bonds. The maximum Gasteiger partial charge on any atom is 0.292 e.